The Bertz CT molecular complexity index is 672. The molecule has 1 amide bonds. The molecule has 0 spiro atoms. The van der Waals surface area contributed by atoms with Crippen LogP contribution < -0.4 is 14.8 Å². The van der Waals surface area contributed by atoms with Crippen LogP contribution in [-0.2, 0) is 5.33 Å². The van der Waals surface area contributed by atoms with Crippen molar-refractivity contribution >= 4 is 27.5 Å². The van der Waals surface area contributed by atoms with Gasteiger partial charge in [-0.15, -0.1) is 0 Å². The van der Waals surface area contributed by atoms with E-state index in [0.717, 1.165) is 11.3 Å². The number of rotatable bonds is 3. The van der Waals surface area contributed by atoms with E-state index in [4.69, 9.17) is 9.47 Å². The molecule has 2 aromatic carbocycles. The summed E-state index contributed by atoms with van der Waals surface area (Å²) in [5.41, 5.74) is 2.29. The maximum atomic E-state index is 12.5. The predicted octanol–water partition coefficient (Wildman–Crippen LogP) is 3.61. The van der Waals surface area contributed by atoms with E-state index in [1.807, 2.05) is 24.3 Å². The Kier molecular flexibility index (Phi) is 4.10. The molecule has 1 N–H and O–H groups in total. The van der Waals surface area contributed by atoms with Crippen molar-refractivity contribution in [2.45, 2.75) is 5.33 Å². The van der Waals surface area contributed by atoms with Crippen LogP contribution in [-0.4, -0.2) is 19.1 Å². The molecule has 0 unspecified atom stereocenters. The molecule has 0 saturated carbocycles. The highest BCUT2D eigenvalue weighted by Gasteiger charge is 2.20. The summed E-state index contributed by atoms with van der Waals surface area (Å²) in [6, 6.07) is 13.0. The third-order valence-corrected chi connectivity index (χ3v) is 3.82. The molecular formula is C16H14BrNO3. The number of ether oxygens (including phenoxy) is 2. The summed E-state index contributed by atoms with van der Waals surface area (Å²) < 4.78 is 11.1. The largest absolute Gasteiger partial charge is 0.486 e. The lowest BCUT2D eigenvalue weighted by molar-refractivity contribution is 0.101. The number of halogens is 1. The lowest BCUT2D eigenvalue weighted by Gasteiger charge is -2.20. The van der Waals surface area contributed by atoms with Gasteiger partial charge in [-0.1, -0.05) is 40.2 Å². The zero-order chi connectivity index (χ0) is 14.7. The van der Waals surface area contributed by atoms with Crippen LogP contribution >= 0.6 is 15.9 Å². The van der Waals surface area contributed by atoms with Crippen molar-refractivity contribution in [3.8, 4) is 11.5 Å². The Morgan fingerprint density at radius 3 is 2.76 bits per heavy atom. The zero-order valence-corrected chi connectivity index (χ0v) is 12.9. The van der Waals surface area contributed by atoms with Crippen LogP contribution in [0.2, 0.25) is 0 Å². The van der Waals surface area contributed by atoms with Gasteiger partial charge in [0.15, 0.2) is 11.5 Å². The highest BCUT2D eigenvalue weighted by Crippen LogP contribution is 2.34. The molecule has 4 nitrogen and oxygen atoms in total. The molecule has 5 heteroatoms. The highest BCUT2D eigenvalue weighted by molar-refractivity contribution is 9.08. The first-order valence-corrected chi connectivity index (χ1v) is 7.75. The first-order chi connectivity index (χ1) is 10.3. The van der Waals surface area contributed by atoms with Crippen molar-refractivity contribution in [1.82, 2.24) is 0 Å². The number of nitrogens with one attached hydrogen (secondary N) is 1. The van der Waals surface area contributed by atoms with Crippen LogP contribution in [0.25, 0.3) is 0 Å². The molecule has 2 aromatic rings. The molecule has 0 radical (unpaired) electrons. The van der Waals surface area contributed by atoms with Crippen molar-refractivity contribution in [2.24, 2.45) is 0 Å². The molecule has 0 aliphatic carbocycles. The van der Waals surface area contributed by atoms with Gasteiger partial charge < -0.3 is 14.8 Å². The molecule has 1 heterocycles. The Morgan fingerprint density at radius 1 is 1.10 bits per heavy atom. The van der Waals surface area contributed by atoms with E-state index >= 15 is 0 Å². The van der Waals surface area contributed by atoms with Crippen LogP contribution in [0.3, 0.4) is 0 Å². The minimum Gasteiger partial charge on any atom is -0.486 e. The molecular weight excluding hydrogens is 334 g/mol. The number of carbonyl (C=O) groups is 1. The molecule has 0 saturated heterocycles. The number of hydrogen-bond acceptors (Lipinski definition) is 3. The highest BCUT2D eigenvalue weighted by atomic mass is 79.9. The third kappa shape index (κ3) is 2.88. The lowest BCUT2D eigenvalue weighted by Crippen LogP contribution is -2.20. The van der Waals surface area contributed by atoms with Gasteiger partial charge in [-0.25, -0.2) is 0 Å². The summed E-state index contributed by atoms with van der Waals surface area (Å²) in [5, 5.41) is 3.60. The molecule has 21 heavy (non-hydrogen) atoms. The van der Waals surface area contributed by atoms with Gasteiger partial charge in [-0.2, -0.15) is 0 Å². The van der Waals surface area contributed by atoms with E-state index in [2.05, 4.69) is 21.2 Å². The fraction of sp³-hybridized carbons (Fsp3) is 0.188. The maximum Gasteiger partial charge on any atom is 0.259 e. The number of alkyl halides is 1. The molecule has 0 fully saturated rings. The number of fused-ring (bicyclic) bond motifs is 1. The second-order valence-electron chi connectivity index (χ2n) is 4.57. The number of benzene rings is 2. The Labute approximate surface area is 131 Å². The number of para-hydroxylation sites is 2. The average Bonchev–Trinajstić information content (AvgIpc) is 2.54. The van der Waals surface area contributed by atoms with Gasteiger partial charge in [0.25, 0.3) is 5.91 Å². The summed E-state index contributed by atoms with van der Waals surface area (Å²) in [5.74, 6) is 0.922. The predicted molar refractivity (Wildman–Crippen MR) is 84.5 cm³/mol. The molecule has 0 atom stereocenters. The standard InChI is InChI=1S/C16H14BrNO3/c17-10-11-4-1-2-6-13(11)18-16(19)12-5-3-7-14-15(12)21-9-8-20-14/h1-7H,8-10H2,(H,18,19). The van der Waals surface area contributed by atoms with Gasteiger partial charge in [-0.3, -0.25) is 4.79 Å². The molecule has 3 rings (SSSR count). The van der Waals surface area contributed by atoms with Gasteiger partial charge in [0.2, 0.25) is 0 Å². The van der Waals surface area contributed by atoms with E-state index in [1.54, 1.807) is 18.2 Å². The number of amides is 1. The van der Waals surface area contributed by atoms with Crippen molar-refractivity contribution in [1.29, 1.82) is 0 Å². The van der Waals surface area contributed by atoms with Gasteiger partial charge in [0.1, 0.15) is 13.2 Å². The van der Waals surface area contributed by atoms with Crippen LogP contribution in [0.1, 0.15) is 15.9 Å². The Balaban J connectivity index is 1.89. The Hall–Kier alpha value is -2.01. The van der Waals surface area contributed by atoms with Crippen LogP contribution in [0.5, 0.6) is 11.5 Å². The molecule has 0 bridgehead atoms. The second kappa shape index (κ2) is 6.18. The summed E-state index contributed by atoms with van der Waals surface area (Å²) in [4.78, 5) is 12.5. The molecule has 0 aromatic heterocycles. The van der Waals surface area contributed by atoms with E-state index in [9.17, 15) is 4.79 Å². The van der Waals surface area contributed by atoms with E-state index in [-0.39, 0.29) is 5.91 Å². The first-order valence-electron chi connectivity index (χ1n) is 6.63. The van der Waals surface area contributed by atoms with Crippen LogP contribution in [0.15, 0.2) is 42.5 Å². The average molecular weight is 348 g/mol. The zero-order valence-electron chi connectivity index (χ0n) is 11.3. The van der Waals surface area contributed by atoms with Crippen molar-refractivity contribution in [3.63, 3.8) is 0 Å². The van der Waals surface area contributed by atoms with Crippen molar-refractivity contribution in [2.75, 3.05) is 18.5 Å². The van der Waals surface area contributed by atoms with Gasteiger partial charge in [-0.05, 0) is 23.8 Å². The topological polar surface area (TPSA) is 47.6 Å². The van der Waals surface area contributed by atoms with Gasteiger partial charge in [0.05, 0.1) is 5.56 Å². The van der Waals surface area contributed by atoms with E-state index < -0.39 is 0 Å². The van der Waals surface area contributed by atoms with Crippen LogP contribution in [0, 0.1) is 0 Å². The normalized spacial score (nSPS) is 12.8. The smallest absolute Gasteiger partial charge is 0.259 e. The monoisotopic (exact) mass is 347 g/mol. The molecule has 1 aliphatic rings. The minimum absolute atomic E-state index is 0.203. The number of hydrogen-bond donors (Lipinski definition) is 1. The SMILES string of the molecule is O=C(Nc1ccccc1CBr)c1cccc2c1OCCO2. The van der Waals surface area contributed by atoms with Gasteiger partial charge in [0, 0.05) is 11.0 Å². The van der Waals surface area contributed by atoms with E-state index in [0.29, 0.717) is 35.6 Å². The van der Waals surface area contributed by atoms with Crippen LogP contribution in [0.4, 0.5) is 5.69 Å². The Morgan fingerprint density at radius 2 is 1.90 bits per heavy atom. The summed E-state index contributed by atoms with van der Waals surface area (Å²) >= 11 is 3.42. The summed E-state index contributed by atoms with van der Waals surface area (Å²) in [6.45, 7) is 0.958. The first kappa shape index (κ1) is 13.9. The second-order valence-corrected chi connectivity index (χ2v) is 5.14. The quantitative estimate of drug-likeness (QED) is 0.862. The van der Waals surface area contributed by atoms with Crippen molar-refractivity contribution < 1.29 is 14.3 Å². The maximum absolute atomic E-state index is 12.5. The molecule has 1 aliphatic heterocycles. The minimum atomic E-state index is -0.203. The molecule has 108 valence electrons. The van der Waals surface area contributed by atoms with Crippen molar-refractivity contribution in [3.05, 3.63) is 53.6 Å². The third-order valence-electron chi connectivity index (χ3n) is 3.22. The fourth-order valence-electron chi connectivity index (χ4n) is 2.20. The summed E-state index contributed by atoms with van der Waals surface area (Å²) in [6.07, 6.45) is 0. The summed E-state index contributed by atoms with van der Waals surface area (Å²) in [7, 11) is 0. The van der Waals surface area contributed by atoms with E-state index in [1.165, 1.54) is 0 Å². The number of carbonyl (C=O) groups excluding carboxylic acids is 1. The fourth-order valence-corrected chi connectivity index (χ4v) is 2.69. The van der Waals surface area contributed by atoms with Gasteiger partial charge >= 0.3 is 0 Å². The number of anilines is 1. The lowest BCUT2D eigenvalue weighted by atomic mass is 10.1.